The van der Waals surface area contributed by atoms with Gasteiger partial charge in [-0.15, -0.1) is 0 Å². The number of nitrogens with zero attached hydrogens (tertiary/aromatic N) is 3. The van der Waals surface area contributed by atoms with Crippen molar-refractivity contribution in [2.24, 2.45) is 0 Å². The number of aromatic amines is 1. The first-order chi connectivity index (χ1) is 10.3. The quantitative estimate of drug-likeness (QED) is 0.734. The Labute approximate surface area is 126 Å². The third-order valence-electron chi connectivity index (χ3n) is 2.98. The van der Waals surface area contributed by atoms with Crippen LogP contribution < -0.4 is 4.74 Å². The monoisotopic (exact) mass is 304 g/mol. The van der Waals surface area contributed by atoms with Gasteiger partial charge in [0.1, 0.15) is 11.1 Å². The molecule has 0 atom stereocenters. The standard InChI is InChI=1S/C14H13ClN4O2/c1-20-13-11-10(18-19-12(11)16-14(15)17-13)8-21-7-9-5-3-2-4-6-9/h2-6H,7-8H2,1H3,(H,16,17,18,19). The number of methoxy groups -OCH3 is 1. The average molecular weight is 305 g/mol. The molecule has 1 N–H and O–H groups in total. The highest BCUT2D eigenvalue weighted by Crippen LogP contribution is 2.26. The molecular weight excluding hydrogens is 292 g/mol. The molecule has 0 saturated heterocycles. The maximum Gasteiger partial charge on any atom is 0.229 e. The lowest BCUT2D eigenvalue weighted by Crippen LogP contribution is -1.97. The van der Waals surface area contributed by atoms with Gasteiger partial charge in [0.25, 0.3) is 0 Å². The van der Waals surface area contributed by atoms with E-state index in [1.54, 1.807) is 0 Å². The Bertz CT molecular complexity index is 745. The van der Waals surface area contributed by atoms with E-state index >= 15 is 0 Å². The molecule has 6 nitrogen and oxygen atoms in total. The molecule has 0 saturated carbocycles. The molecule has 0 fully saturated rings. The van der Waals surface area contributed by atoms with E-state index in [1.165, 1.54) is 7.11 Å². The molecule has 0 amide bonds. The highest BCUT2D eigenvalue weighted by atomic mass is 35.5. The average Bonchev–Trinajstić information content (AvgIpc) is 2.90. The van der Waals surface area contributed by atoms with Gasteiger partial charge >= 0.3 is 0 Å². The first kappa shape index (κ1) is 13.8. The Morgan fingerprint density at radius 2 is 1.95 bits per heavy atom. The zero-order chi connectivity index (χ0) is 14.7. The number of nitrogens with one attached hydrogen (secondary N) is 1. The first-order valence-corrected chi connectivity index (χ1v) is 6.72. The summed E-state index contributed by atoms with van der Waals surface area (Å²) in [5, 5.41) is 7.79. The molecule has 21 heavy (non-hydrogen) atoms. The Balaban J connectivity index is 1.78. The van der Waals surface area contributed by atoms with E-state index in [-0.39, 0.29) is 5.28 Å². The van der Waals surface area contributed by atoms with Gasteiger partial charge in [-0.25, -0.2) is 0 Å². The van der Waals surface area contributed by atoms with Gasteiger partial charge < -0.3 is 9.47 Å². The third kappa shape index (κ3) is 2.96. The minimum atomic E-state index is 0.111. The zero-order valence-corrected chi connectivity index (χ0v) is 12.1. The van der Waals surface area contributed by atoms with Crippen molar-refractivity contribution in [2.45, 2.75) is 13.2 Å². The summed E-state index contributed by atoms with van der Waals surface area (Å²) in [7, 11) is 1.53. The number of hydrogen-bond donors (Lipinski definition) is 1. The SMILES string of the molecule is COc1nc(Cl)nc2[nH]nc(COCc3ccccc3)c12. The van der Waals surface area contributed by atoms with Gasteiger partial charge in [-0.3, -0.25) is 5.10 Å². The molecule has 0 bridgehead atoms. The first-order valence-electron chi connectivity index (χ1n) is 6.34. The van der Waals surface area contributed by atoms with Crippen molar-refractivity contribution in [3.8, 4) is 5.88 Å². The fraction of sp³-hybridized carbons (Fsp3) is 0.214. The van der Waals surface area contributed by atoms with Gasteiger partial charge in [-0.2, -0.15) is 15.1 Å². The van der Waals surface area contributed by atoms with Crippen LogP contribution in [0.3, 0.4) is 0 Å². The number of halogens is 1. The fourth-order valence-electron chi connectivity index (χ4n) is 2.02. The van der Waals surface area contributed by atoms with Crippen LogP contribution in [-0.2, 0) is 18.0 Å². The highest BCUT2D eigenvalue weighted by Gasteiger charge is 2.15. The molecule has 3 aromatic rings. The minimum Gasteiger partial charge on any atom is -0.480 e. The summed E-state index contributed by atoms with van der Waals surface area (Å²) in [5.41, 5.74) is 2.32. The number of fused-ring (bicyclic) bond motifs is 1. The van der Waals surface area contributed by atoms with Crippen molar-refractivity contribution in [2.75, 3.05) is 7.11 Å². The second-order valence-electron chi connectivity index (χ2n) is 4.37. The molecule has 0 aliphatic rings. The highest BCUT2D eigenvalue weighted by molar-refractivity contribution is 6.28. The van der Waals surface area contributed by atoms with Crippen LogP contribution in [0.2, 0.25) is 5.28 Å². The van der Waals surface area contributed by atoms with Crippen LogP contribution in [0.1, 0.15) is 11.3 Å². The van der Waals surface area contributed by atoms with Crippen molar-refractivity contribution < 1.29 is 9.47 Å². The van der Waals surface area contributed by atoms with Crippen LogP contribution in [0.4, 0.5) is 0 Å². The number of H-pyrrole nitrogens is 1. The molecular formula is C14H13ClN4O2. The van der Waals surface area contributed by atoms with Crippen LogP contribution in [0.15, 0.2) is 30.3 Å². The number of hydrogen-bond acceptors (Lipinski definition) is 5. The summed E-state index contributed by atoms with van der Waals surface area (Å²) in [6.07, 6.45) is 0. The van der Waals surface area contributed by atoms with Gasteiger partial charge in [-0.1, -0.05) is 30.3 Å². The Morgan fingerprint density at radius 1 is 1.14 bits per heavy atom. The Morgan fingerprint density at radius 3 is 2.71 bits per heavy atom. The molecule has 0 unspecified atom stereocenters. The lowest BCUT2D eigenvalue weighted by Gasteiger charge is -2.04. The van der Waals surface area contributed by atoms with Crippen LogP contribution in [0, 0.1) is 0 Å². The van der Waals surface area contributed by atoms with E-state index < -0.39 is 0 Å². The summed E-state index contributed by atoms with van der Waals surface area (Å²) in [5.74, 6) is 0.386. The van der Waals surface area contributed by atoms with Crippen molar-refractivity contribution >= 4 is 22.6 Å². The predicted octanol–water partition coefficient (Wildman–Crippen LogP) is 2.73. The Hall–Kier alpha value is -2.18. The minimum absolute atomic E-state index is 0.111. The molecule has 108 valence electrons. The maximum absolute atomic E-state index is 5.81. The lowest BCUT2D eigenvalue weighted by molar-refractivity contribution is 0.105. The van der Waals surface area contributed by atoms with Crippen molar-refractivity contribution in [1.29, 1.82) is 0 Å². The van der Waals surface area contributed by atoms with Crippen LogP contribution in [0.5, 0.6) is 5.88 Å². The van der Waals surface area contributed by atoms with Crippen LogP contribution in [0.25, 0.3) is 11.0 Å². The predicted molar refractivity (Wildman–Crippen MR) is 78.2 cm³/mol. The van der Waals surface area contributed by atoms with Gasteiger partial charge in [0.05, 0.1) is 20.3 Å². The molecule has 2 heterocycles. The molecule has 2 aromatic heterocycles. The second-order valence-corrected chi connectivity index (χ2v) is 4.71. The van der Waals surface area contributed by atoms with Crippen molar-refractivity contribution in [3.63, 3.8) is 0 Å². The summed E-state index contributed by atoms with van der Waals surface area (Å²) in [6.45, 7) is 0.836. The van der Waals surface area contributed by atoms with Crippen LogP contribution >= 0.6 is 11.6 Å². The summed E-state index contributed by atoms with van der Waals surface area (Å²) >= 11 is 5.81. The van der Waals surface area contributed by atoms with E-state index in [0.29, 0.717) is 35.8 Å². The topological polar surface area (TPSA) is 72.9 Å². The summed E-state index contributed by atoms with van der Waals surface area (Å²) in [6, 6.07) is 9.93. The molecule has 7 heteroatoms. The molecule has 0 radical (unpaired) electrons. The largest absolute Gasteiger partial charge is 0.480 e. The van der Waals surface area contributed by atoms with Gasteiger partial charge in [0.15, 0.2) is 5.65 Å². The molecule has 0 aliphatic carbocycles. The van der Waals surface area contributed by atoms with Gasteiger partial charge in [0.2, 0.25) is 11.2 Å². The zero-order valence-electron chi connectivity index (χ0n) is 11.3. The summed E-state index contributed by atoms with van der Waals surface area (Å²) in [4.78, 5) is 8.11. The number of ether oxygens (including phenoxy) is 2. The second kappa shape index (κ2) is 6.07. The van der Waals surface area contributed by atoms with E-state index in [1.807, 2.05) is 30.3 Å². The number of aromatic nitrogens is 4. The molecule has 3 rings (SSSR count). The van der Waals surface area contributed by atoms with E-state index in [0.717, 1.165) is 5.56 Å². The third-order valence-corrected chi connectivity index (χ3v) is 3.15. The van der Waals surface area contributed by atoms with E-state index in [4.69, 9.17) is 21.1 Å². The molecule has 1 aromatic carbocycles. The Kier molecular flexibility index (Phi) is 3.98. The van der Waals surface area contributed by atoms with Crippen LogP contribution in [-0.4, -0.2) is 27.3 Å². The number of benzene rings is 1. The molecule has 0 spiro atoms. The fourth-order valence-corrected chi connectivity index (χ4v) is 2.18. The number of rotatable bonds is 5. The van der Waals surface area contributed by atoms with Crippen molar-refractivity contribution in [3.05, 3.63) is 46.9 Å². The van der Waals surface area contributed by atoms with Gasteiger partial charge in [0, 0.05) is 0 Å². The van der Waals surface area contributed by atoms with E-state index in [9.17, 15) is 0 Å². The maximum atomic E-state index is 5.81. The normalized spacial score (nSPS) is 11.0. The summed E-state index contributed by atoms with van der Waals surface area (Å²) < 4.78 is 10.9. The van der Waals surface area contributed by atoms with Crippen molar-refractivity contribution in [1.82, 2.24) is 20.2 Å². The molecule has 0 aliphatic heterocycles. The lowest BCUT2D eigenvalue weighted by atomic mass is 10.2. The van der Waals surface area contributed by atoms with E-state index in [2.05, 4.69) is 20.2 Å². The smallest absolute Gasteiger partial charge is 0.229 e. The van der Waals surface area contributed by atoms with Gasteiger partial charge in [-0.05, 0) is 17.2 Å².